The Kier molecular flexibility index (Phi) is 4.15. The van der Waals surface area contributed by atoms with Crippen LogP contribution < -0.4 is 20.3 Å². The van der Waals surface area contributed by atoms with Crippen molar-refractivity contribution in [1.29, 1.82) is 0 Å². The first-order chi connectivity index (χ1) is 10.3. The molecule has 3 rings (SSSR count). The Morgan fingerprint density at radius 1 is 1.33 bits per heavy atom. The Balaban J connectivity index is 1.73. The largest absolute Gasteiger partial charge is 0.495 e. The predicted molar refractivity (Wildman–Crippen MR) is 81.2 cm³/mol. The van der Waals surface area contributed by atoms with Gasteiger partial charge in [0.1, 0.15) is 5.75 Å². The number of carbonyl (C=O) groups is 1. The van der Waals surface area contributed by atoms with Crippen LogP contribution in [0.25, 0.3) is 0 Å². The molecule has 1 aliphatic heterocycles. The molecule has 6 nitrogen and oxygen atoms in total. The third kappa shape index (κ3) is 3.58. The second-order valence-electron chi connectivity index (χ2n) is 5.36. The molecule has 1 heterocycles. The molecule has 2 N–H and O–H groups in total. The molecule has 0 radical (unpaired) electrons. The molecule has 0 unspecified atom stereocenters. The van der Waals surface area contributed by atoms with Crippen molar-refractivity contribution in [1.82, 2.24) is 5.32 Å². The molecule has 0 bridgehead atoms. The lowest BCUT2D eigenvalue weighted by Gasteiger charge is -2.29. The van der Waals surface area contributed by atoms with Crippen LogP contribution >= 0.6 is 0 Å². The lowest BCUT2D eigenvalue weighted by Crippen LogP contribution is -2.36. The first-order valence-electron chi connectivity index (χ1n) is 7.34. The molecule has 1 aromatic rings. The molecule has 1 saturated carbocycles. The zero-order chi connectivity index (χ0) is 14.7. The van der Waals surface area contributed by atoms with Crippen molar-refractivity contribution in [2.75, 3.05) is 43.6 Å². The standard InChI is InChI=1S/C15H21N3O3/c1-20-14-5-4-12(18-6-8-21-9-7-18)10-13(14)17-15(19)16-11-2-3-11/h4-5,10-11H,2-3,6-9H2,1H3,(H2,16,17,19). The van der Waals surface area contributed by atoms with Crippen LogP contribution in [0.2, 0.25) is 0 Å². The third-order valence-electron chi connectivity index (χ3n) is 3.72. The Morgan fingerprint density at radius 2 is 2.10 bits per heavy atom. The monoisotopic (exact) mass is 291 g/mol. The van der Waals surface area contributed by atoms with Gasteiger partial charge in [-0.25, -0.2) is 4.79 Å². The molecule has 0 spiro atoms. The van der Waals surface area contributed by atoms with Gasteiger partial charge in [0, 0.05) is 24.8 Å². The van der Waals surface area contributed by atoms with Crippen molar-refractivity contribution >= 4 is 17.4 Å². The van der Waals surface area contributed by atoms with E-state index in [2.05, 4.69) is 15.5 Å². The number of amides is 2. The van der Waals surface area contributed by atoms with E-state index >= 15 is 0 Å². The number of methoxy groups -OCH3 is 1. The number of hydrogen-bond acceptors (Lipinski definition) is 4. The van der Waals surface area contributed by atoms with Gasteiger partial charge in [0.05, 0.1) is 26.0 Å². The number of morpholine rings is 1. The summed E-state index contributed by atoms with van der Waals surface area (Å²) < 4.78 is 10.7. The van der Waals surface area contributed by atoms with Gasteiger partial charge in [-0.1, -0.05) is 0 Å². The first-order valence-corrected chi connectivity index (χ1v) is 7.34. The fourth-order valence-corrected chi connectivity index (χ4v) is 2.38. The fraction of sp³-hybridized carbons (Fsp3) is 0.533. The van der Waals surface area contributed by atoms with Crippen LogP contribution in [0.5, 0.6) is 5.75 Å². The van der Waals surface area contributed by atoms with Crippen molar-refractivity contribution in [3.63, 3.8) is 0 Å². The molecule has 0 atom stereocenters. The highest BCUT2D eigenvalue weighted by Gasteiger charge is 2.23. The molecule has 2 amide bonds. The van der Waals surface area contributed by atoms with Gasteiger partial charge in [-0.15, -0.1) is 0 Å². The molecular formula is C15H21N3O3. The summed E-state index contributed by atoms with van der Waals surface area (Å²) in [5, 5.41) is 5.79. The summed E-state index contributed by atoms with van der Waals surface area (Å²) >= 11 is 0. The number of hydrogen-bond donors (Lipinski definition) is 2. The average Bonchev–Trinajstić information content (AvgIpc) is 3.32. The summed E-state index contributed by atoms with van der Waals surface area (Å²) in [6, 6.07) is 6.01. The number of carbonyl (C=O) groups excluding carboxylic acids is 1. The molecule has 21 heavy (non-hydrogen) atoms. The van der Waals surface area contributed by atoms with Gasteiger partial charge in [-0.05, 0) is 31.0 Å². The summed E-state index contributed by atoms with van der Waals surface area (Å²) in [5.74, 6) is 0.665. The number of urea groups is 1. The minimum absolute atomic E-state index is 0.171. The van der Waals surface area contributed by atoms with Gasteiger partial charge in [0.15, 0.2) is 0 Å². The second kappa shape index (κ2) is 6.22. The molecular weight excluding hydrogens is 270 g/mol. The molecule has 114 valence electrons. The van der Waals surface area contributed by atoms with E-state index in [-0.39, 0.29) is 6.03 Å². The quantitative estimate of drug-likeness (QED) is 0.888. The second-order valence-corrected chi connectivity index (χ2v) is 5.36. The maximum Gasteiger partial charge on any atom is 0.319 e. The number of ether oxygens (including phenoxy) is 2. The minimum Gasteiger partial charge on any atom is -0.495 e. The molecule has 2 aliphatic rings. The van der Waals surface area contributed by atoms with Crippen LogP contribution in [-0.4, -0.2) is 45.5 Å². The van der Waals surface area contributed by atoms with Gasteiger partial charge in [-0.2, -0.15) is 0 Å². The SMILES string of the molecule is COc1ccc(N2CCOCC2)cc1NC(=O)NC1CC1. The molecule has 1 aliphatic carbocycles. The van der Waals surface area contributed by atoms with Crippen molar-refractivity contribution in [3.8, 4) is 5.75 Å². The van der Waals surface area contributed by atoms with E-state index in [4.69, 9.17) is 9.47 Å². The summed E-state index contributed by atoms with van der Waals surface area (Å²) in [6.07, 6.45) is 2.14. The smallest absolute Gasteiger partial charge is 0.319 e. The van der Waals surface area contributed by atoms with E-state index in [1.807, 2.05) is 18.2 Å². The highest BCUT2D eigenvalue weighted by Crippen LogP contribution is 2.30. The van der Waals surface area contributed by atoms with Gasteiger partial charge >= 0.3 is 6.03 Å². The normalized spacial score (nSPS) is 18.2. The summed E-state index contributed by atoms with van der Waals surface area (Å²) in [7, 11) is 1.60. The maximum atomic E-state index is 11.9. The Labute approximate surface area is 124 Å². The minimum atomic E-state index is -0.171. The van der Waals surface area contributed by atoms with E-state index in [9.17, 15) is 4.79 Å². The van der Waals surface area contributed by atoms with Crippen molar-refractivity contribution in [3.05, 3.63) is 18.2 Å². The summed E-state index contributed by atoms with van der Waals surface area (Å²) in [4.78, 5) is 14.2. The Morgan fingerprint density at radius 3 is 2.76 bits per heavy atom. The van der Waals surface area contributed by atoms with Crippen LogP contribution in [0, 0.1) is 0 Å². The molecule has 1 saturated heterocycles. The number of nitrogens with one attached hydrogen (secondary N) is 2. The van der Waals surface area contributed by atoms with Crippen LogP contribution in [0.1, 0.15) is 12.8 Å². The highest BCUT2D eigenvalue weighted by molar-refractivity contribution is 5.92. The highest BCUT2D eigenvalue weighted by atomic mass is 16.5. The van der Waals surface area contributed by atoms with Crippen LogP contribution in [0.15, 0.2) is 18.2 Å². The Bertz CT molecular complexity index is 511. The summed E-state index contributed by atoms with van der Waals surface area (Å²) in [6.45, 7) is 3.19. The van der Waals surface area contributed by atoms with Crippen molar-refractivity contribution in [2.24, 2.45) is 0 Å². The molecule has 1 aromatic carbocycles. The van der Waals surface area contributed by atoms with Gasteiger partial charge in [0.25, 0.3) is 0 Å². The van der Waals surface area contributed by atoms with Crippen LogP contribution in [-0.2, 0) is 4.74 Å². The van der Waals surface area contributed by atoms with E-state index in [1.54, 1.807) is 7.11 Å². The summed E-state index contributed by atoms with van der Waals surface area (Å²) in [5.41, 5.74) is 1.76. The number of nitrogens with zero attached hydrogens (tertiary/aromatic N) is 1. The lowest BCUT2D eigenvalue weighted by atomic mass is 10.2. The third-order valence-corrected chi connectivity index (χ3v) is 3.72. The average molecular weight is 291 g/mol. The van der Waals surface area contributed by atoms with Gasteiger partial charge in [-0.3, -0.25) is 0 Å². The first kappa shape index (κ1) is 14.0. The topological polar surface area (TPSA) is 62.8 Å². The van der Waals surface area contributed by atoms with E-state index < -0.39 is 0 Å². The van der Waals surface area contributed by atoms with Crippen LogP contribution in [0.3, 0.4) is 0 Å². The van der Waals surface area contributed by atoms with Crippen molar-refractivity contribution in [2.45, 2.75) is 18.9 Å². The lowest BCUT2D eigenvalue weighted by molar-refractivity contribution is 0.122. The Hall–Kier alpha value is -1.95. The zero-order valence-corrected chi connectivity index (χ0v) is 12.2. The molecule has 0 aromatic heterocycles. The van der Waals surface area contributed by atoms with Gasteiger partial charge in [0.2, 0.25) is 0 Å². The van der Waals surface area contributed by atoms with Crippen molar-refractivity contribution < 1.29 is 14.3 Å². The maximum absolute atomic E-state index is 11.9. The predicted octanol–water partition coefficient (Wildman–Crippen LogP) is 1.82. The zero-order valence-electron chi connectivity index (χ0n) is 12.2. The van der Waals surface area contributed by atoms with E-state index in [0.717, 1.165) is 44.8 Å². The number of rotatable bonds is 4. The van der Waals surface area contributed by atoms with E-state index in [0.29, 0.717) is 17.5 Å². The fourth-order valence-electron chi connectivity index (χ4n) is 2.38. The number of anilines is 2. The molecule has 6 heteroatoms. The van der Waals surface area contributed by atoms with E-state index in [1.165, 1.54) is 0 Å². The van der Waals surface area contributed by atoms with Crippen LogP contribution in [0.4, 0.5) is 16.2 Å². The molecule has 2 fully saturated rings. The number of benzene rings is 1. The van der Waals surface area contributed by atoms with Gasteiger partial charge < -0.3 is 25.0 Å².